The van der Waals surface area contributed by atoms with E-state index >= 15 is 0 Å². The number of hydrogen-bond acceptors (Lipinski definition) is 7. The number of aliphatic hydroxyl groups excluding tert-OH is 5. The van der Waals surface area contributed by atoms with Crippen LogP contribution in [0, 0.1) is 0 Å². The Morgan fingerprint density at radius 2 is 1.38 bits per heavy atom. The fourth-order valence-electron chi connectivity index (χ4n) is 0.618. The van der Waals surface area contributed by atoms with Gasteiger partial charge in [-0.15, -0.1) is 0 Å². The van der Waals surface area contributed by atoms with E-state index in [9.17, 15) is 4.79 Å². The van der Waals surface area contributed by atoms with E-state index in [4.69, 9.17) is 35.4 Å². The zero-order chi connectivity index (χ0) is 12.4. The smallest absolute Gasteiger partial charge is 0.290 e. The molecule has 9 heteroatoms. The van der Waals surface area contributed by atoms with Gasteiger partial charge in [0.05, 0.1) is 6.61 Å². The van der Waals surface area contributed by atoms with Crippen LogP contribution in [0.2, 0.25) is 0 Å². The zero-order valence-corrected chi connectivity index (χ0v) is 9.13. The van der Waals surface area contributed by atoms with Crippen molar-refractivity contribution in [1.82, 2.24) is 0 Å². The molecule has 0 amide bonds. The topological polar surface area (TPSA) is 156 Å². The van der Waals surface area contributed by atoms with E-state index in [2.05, 4.69) is 0 Å². The summed E-state index contributed by atoms with van der Waals surface area (Å²) in [6.45, 7) is -1.01. The van der Waals surface area contributed by atoms with Crippen molar-refractivity contribution in [2.75, 3.05) is 6.61 Å². The van der Waals surface area contributed by atoms with Crippen LogP contribution in [0.5, 0.6) is 0 Å². The number of aldehydes is 1. The maximum absolute atomic E-state index is 9.90. The molecule has 0 aromatic rings. The number of rotatable bonds is 5. The van der Waals surface area contributed by atoms with Crippen LogP contribution in [-0.4, -0.2) is 74.4 Å². The van der Waals surface area contributed by atoms with Crippen molar-refractivity contribution >= 4 is 12.8 Å². The predicted molar refractivity (Wildman–Crippen MR) is 45.9 cm³/mol. The molecule has 0 aromatic heterocycles. The van der Waals surface area contributed by atoms with E-state index < -0.39 is 31.0 Å². The monoisotopic (exact) mass is 282 g/mol. The molecule has 0 rings (SSSR count). The molecule has 0 unspecified atom stereocenters. The van der Waals surface area contributed by atoms with Gasteiger partial charge >= 0.3 is 0 Å². The Morgan fingerprint density at radius 3 is 1.62 bits per heavy atom. The summed E-state index contributed by atoms with van der Waals surface area (Å²) in [6, 6.07) is 0. The first-order valence-electron chi connectivity index (χ1n) is 3.82. The van der Waals surface area contributed by atoms with Crippen molar-refractivity contribution in [3.63, 3.8) is 0 Å². The Labute approximate surface area is 102 Å². The predicted octanol–water partition coefficient (Wildman–Crippen LogP) is -3.68. The summed E-state index contributed by atoms with van der Waals surface area (Å²) >= 11 is 0. The van der Waals surface area contributed by atoms with Crippen molar-refractivity contribution < 1.29 is 57.3 Å². The van der Waals surface area contributed by atoms with Gasteiger partial charge in [0, 0.05) is 17.1 Å². The molecule has 0 aliphatic heterocycles. The standard InChI is InChI=1S/C6H12O6.CH2O2.Fe/c7-1-3(9)5(11)6(12)4(10)2-8;2-1-3;/h1,3-6,8-12H,2H2;1H,(H,2,3);/t3-,4+,5+,6+;;/m0../s1. The summed E-state index contributed by atoms with van der Waals surface area (Å²) in [7, 11) is 0. The Hall–Kier alpha value is -0.541. The van der Waals surface area contributed by atoms with E-state index in [1.54, 1.807) is 0 Å². The van der Waals surface area contributed by atoms with E-state index in [1.807, 2.05) is 0 Å². The number of aliphatic hydroxyl groups is 5. The molecule has 4 atom stereocenters. The van der Waals surface area contributed by atoms with Gasteiger partial charge in [0.25, 0.3) is 6.47 Å². The largest absolute Gasteiger partial charge is 0.483 e. The molecule has 0 heterocycles. The van der Waals surface area contributed by atoms with Crippen molar-refractivity contribution in [2.45, 2.75) is 24.4 Å². The van der Waals surface area contributed by atoms with Crippen LogP contribution in [0.4, 0.5) is 0 Å². The van der Waals surface area contributed by atoms with Crippen LogP contribution >= 0.6 is 0 Å². The Balaban J connectivity index is -0.000000377. The quantitative estimate of drug-likeness (QED) is 0.222. The van der Waals surface area contributed by atoms with Gasteiger partial charge in [-0.2, -0.15) is 0 Å². The second-order valence-corrected chi connectivity index (χ2v) is 2.46. The molecule has 0 aliphatic rings. The van der Waals surface area contributed by atoms with E-state index in [1.165, 1.54) is 0 Å². The SMILES string of the molecule is O=CO.O=C[C@H](O)[C@@H](O)[C@H](O)[C@H](O)CO.[Fe]. The summed E-state index contributed by atoms with van der Waals surface area (Å²) in [4.78, 5) is 18.3. The molecule has 0 bridgehead atoms. The fraction of sp³-hybridized carbons (Fsp3) is 0.714. The first-order valence-corrected chi connectivity index (χ1v) is 3.82. The molecule has 0 aromatic carbocycles. The van der Waals surface area contributed by atoms with Crippen LogP contribution in [-0.2, 0) is 26.7 Å². The van der Waals surface area contributed by atoms with E-state index in [0.717, 1.165) is 0 Å². The van der Waals surface area contributed by atoms with Crippen molar-refractivity contribution in [1.29, 1.82) is 0 Å². The van der Waals surface area contributed by atoms with Gasteiger partial charge in [-0.1, -0.05) is 0 Å². The van der Waals surface area contributed by atoms with Crippen molar-refractivity contribution in [3.05, 3.63) is 0 Å². The van der Waals surface area contributed by atoms with Crippen LogP contribution in [0.3, 0.4) is 0 Å². The minimum absolute atomic E-state index is 0. The van der Waals surface area contributed by atoms with Crippen molar-refractivity contribution in [2.24, 2.45) is 0 Å². The van der Waals surface area contributed by atoms with Crippen LogP contribution < -0.4 is 0 Å². The zero-order valence-electron chi connectivity index (χ0n) is 8.02. The van der Waals surface area contributed by atoms with Gasteiger partial charge in [-0.3, -0.25) is 4.79 Å². The Bertz CT molecular complexity index is 178. The molecule has 8 nitrogen and oxygen atoms in total. The van der Waals surface area contributed by atoms with Gasteiger partial charge in [0.2, 0.25) is 0 Å². The van der Waals surface area contributed by atoms with Crippen molar-refractivity contribution in [3.8, 4) is 0 Å². The van der Waals surface area contributed by atoms with E-state index in [0.29, 0.717) is 0 Å². The van der Waals surface area contributed by atoms with E-state index in [-0.39, 0.29) is 29.8 Å². The maximum Gasteiger partial charge on any atom is 0.290 e. The molecule has 6 N–H and O–H groups in total. The third-order valence-corrected chi connectivity index (χ3v) is 1.42. The minimum atomic E-state index is -1.79. The Morgan fingerprint density at radius 1 is 1.00 bits per heavy atom. The van der Waals surface area contributed by atoms with Gasteiger partial charge in [-0.05, 0) is 0 Å². The van der Waals surface area contributed by atoms with Gasteiger partial charge in [0.1, 0.15) is 24.4 Å². The average Bonchev–Trinajstić information content (AvgIpc) is 2.25. The minimum Gasteiger partial charge on any atom is -0.483 e. The molecule has 0 spiro atoms. The molecule has 0 radical (unpaired) electrons. The van der Waals surface area contributed by atoms with Crippen LogP contribution in [0.1, 0.15) is 0 Å². The molecule has 0 fully saturated rings. The third-order valence-electron chi connectivity index (χ3n) is 1.42. The summed E-state index contributed by atoms with van der Waals surface area (Å²) in [6.07, 6.45) is -6.84. The first kappa shape index (κ1) is 20.8. The average molecular weight is 282 g/mol. The fourth-order valence-corrected chi connectivity index (χ4v) is 0.618. The van der Waals surface area contributed by atoms with Gasteiger partial charge in [0.15, 0.2) is 6.29 Å². The molecule has 98 valence electrons. The molecule has 0 saturated heterocycles. The summed E-state index contributed by atoms with van der Waals surface area (Å²) in [5, 5.41) is 50.4. The van der Waals surface area contributed by atoms with Gasteiger partial charge in [-0.25, -0.2) is 0 Å². The normalized spacial score (nSPS) is 16.6. The number of hydrogen-bond donors (Lipinski definition) is 6. The molecular weight excluding hydrogens is 268 g/mol. The van der Waals surface area contributed by atoms with Gasteiger partial charge < -0.3 is 35.4 Å². The second-order valence-electron chi connectivity index (χ2n) is 2.46. The second kappa shape index (κ2) is 12.5. The number of carbonyl (C=O) groups is 2. The maximum atomic E-state index is 9.90. The van der Waals surface area contributed by atoms with Crippen LogP contribution in [0.25, 0.3) is 0 Å². The summed E-state index contributed by atoms with van der Waals surface area (Å²) in [5.41, 5.74) is 0. The summed E-state index contributed by atoms with van der Waals surface area (Å²) in [5.74, 6) is 0. The summed E-state index contributed by atoms with van der Waals surface area (Å²) < 4.78 is 0. The number of carboxylic acid groups (broad SMARTS) is 1. The third kappa shape index (κ3) is 8.74. The molecule has 16 heavy (non-hydrogen) atoms. The first-order chi connectivity index (χ1) is 6.95. The van der Waals surface area contributed by atoms with Crippen LogP contribution in [0.15, 0.2) is 0 Å². The molecular formula is C7H14FeO8. The molecule has 0 saturated carbocycles. The number of carbonyl (C=O) groups excluding carboxylic acids is 1. The Kier molecular flexibility index (Phi) is 16.3. The molecule has 0 aliphatic carbocycles.